The highest BCUT2D eigenvalue weighted by atomic mass is 35.5. The molecule has 0 unspecified atom stereocenters. The van der Waals surface area contributed by atoms with Crippen LogP contribution in [0.3, 0.4) is 0 Å². The van der Waals surface area contributed by atoms with Gasteiger partial charge in [0, 0.05) is 18.1 Å². The topological polar surface area (TPSA) is 75.2 Å². The Balaban J connectivity index is 1.76. The number of hydrogen-bond acceptors (Lipinski definition) is 5. The molecule has 1 aromatic carbocycles. The van der Waals surface area contributed by atoms with E-state index >= 15 is 0 Å². The maximum Gasteiger partial charge on any atom is 0.262 e. The highest BCUT2D eigenvalue weighted by molar-refractivity contribution is 7.92. The lowest BCUT2D eigenvalue weighted by molar-refractivity contribution is 0.568. The van der Waals surface area contributed by atoms with Gasteiger partial charge < -0.3 is 4.90 Å². The molecule has 0 atom stereocenters. The number of nitrogens with one attached hydrogen (secondary N) is 1. The van der Waals surface area contributed by atoms with Crippen LogP contribution in [-0.2, 0) is 10.0 Å². The summed E-state index contributed by atoms with van der Waals surface area (Å²) in [7, 11) is -3.72. The van der Waals surface area contributed by atoms with E-state index in [1.54, 1.807) is 6.07 Å². The fourth-order valence-electron chi connectivity index (χ4n) is 2.59. The van der Waals surface area contributed by atoms with E-state index < -0.39 is 10.0 Å². The summed E-state index contributed by atoms with van der Waals surface area (Å²) in [6.07, 6.45) is 6.47. The Morgan fingerprint density at radius 3 is 2.42 bits per heavy atom. The zero-order valence-electron chi connectivity index (χ0n) is 13.4. The van der Waals surface area contributed by atoms with Gasteiger partial charge in [0.25, 0.3) is 10.0 Å². The van der Waals surface area contributed by atoms with E-state index in [2.05, 4.69) is 19.6 Å². The Kier molecular flexibility index (Phi) is 4.91. The van der Waals surface area contributed by atoms with Gasteiger partial charge in [-0.3, -0.25) is 4.72 Å². The lowest BCUT2D eigenvalue weighted by Gasteiger charge is -2.26. The molecule has 0 saturated carbocycles. The van der Waals surface area contributed by atoms with Gasteiger partial charge in [-0.15, -0.1) is 0 Å². The molecule has 8 heteroatoms. The number of piperidine rings is 1. The van der Waals surface area contributed by atoms with Crippen LogP contribution in [0.15, 0.2) is 35.5 Å². The largest absolute Gasteiger partial charge is 0.341 e. The maximum absolute atomic E-state index is 12.4. The fraction of sp³-hybridized carbons (Fsp3) is 0.375. The average molecular weight is 367 g/mol. The Hall–Kier alpha value is -1.86. The zero-order valence-corrected chi connectivity index (χ0v) is 14.9. The molecule has 1 fully saturated rings. The molecular formula is C16H19ClN4O2S. The van der Waals surface area contributed by atoms with Crippen LogP contribution in [0.1, 0.15) is 24.8 Å². The highest BCUT2D eigenvalue weighted by Crippen LogP contribution is 2.22. The van der Waals surface area contributed by atoms with Crippen LogP contribution in [0, 0.1) is 6.92 Å². The monoisotopic (exact) mass is 366 g/mol. The van der Waals surface area contributed by atoms with Gasteiger partial charge in [-0.1, -0.05) is 17.7 Å². The smallest absolute Gasteiger partial charge is 0.262 e. The van der Waals surface area contributed by atoms with Crippen molar-refractivity contribution in [2.24, 2.45) is 0 Å². The quantitative estimate of drug-likeness (QED) is 0.899. The van der Waals surface area contributed by atoms with Gasteiger partial charge in [0.2, 0.25) is 5.95 Å². The highest BCUT2D eigenvalue weighted by Gasteiger charge is 2.17. The van der Waals surface area contributed by atoms with Crippen molar-refractivity contribution < 1.29 is 8.42 Å². The van der Waals surface area contributed by atoms with Crippen molar-refractivity contribution in [1.29, 1.82) is 0 Å². The lowest BCUT2D eigenvalue weighted by Crippen LogP contribution is -2.30. The molecule has 1 aliphatic rings. The number of aromatic nitrogens is 2. The second kappa shape index (κ2) is 6.94. The predicted molar refractivity (Wildman–Crippen MR) is 95.1 cm³/mol. The Morgan fingerprint density at radius 2 is 1.79 bits per heavy atom. The predicted octanol–water partition coefficient (Wildman–Crippen LogP) is 3.23. The summed E-state index contributed by atoms with van der Waals surface area (Å²) in [6, 6.07) is 4.63. The van der Waals surface area contributed by atoms with Crippen LogP contribution in [0.4, 0.5) is 11.6 Å². The molecule has 2 heterocycles. The molecule has 0 spiro atoms. The summed E-state index contributed by atoms with van der Waals surface area (Å²) >= 11 is 6.01. The molecule has 2 aromatic rings. The van der Waals surface area contributed by atoms with E-state index in [0.717, 1.165) is 31.5 Å². The molecule has 6 nitrogen and oxygen atoms in total. The first kappa shape index (κ1) is 17.0. The molecular weight excluding hydrogens is 348 g/mol. The number of aryl methyl sites for hydroxylation is 1. The summed E-state index contributed by atoms with van der Waals surface area (Å²) in [4.78, 5) is 10.8. The third-order valence-corrected chi connectivity index (χ3v) is 5.77. The molecule has 0 radical (unpaired) electrons. The number of benzene rings is 1. The van der Waals surface area contributed by atoms with Crippen molar-refractivity contribution in [1.82, 2.24) is 9.97 Å². The van der Waals surface area contributed by atoms with E-state index in [1.165, 1.54) is 30.9 Å². The van der Waals surface area contributed by atoms with Gasteiger partial charge in [-0.05, 0) is 43.9 Å². The van der Waals surface area contributed by atoms with Crippen molar-refractivity contribution in [3.8, 4) is 0 Å². The van der Waals surface area contributed by atoms with Crippen molar-refractivity contribution in [2.75, 3.05) is 22.7 Å². The van der Waals surface area contributed by atoms with Crippen molar-refractivity contribution in [3.63, 3.8) is 0 Å². The molecule has 128 valence electrons. The van der Waals surface area contributed by atoms with Gasteiger partial charge in [-0.2, -0.15) is 0 Å². The SMILES string of the molecule is Cc1ccc(S(=O)(=O)Nc2cnc(N3CCCCC3)nc2)cc1Cl. The number of anilines is 2. The molecule has 24 heavy (non-hydrogen) atoms. The summed E-state index contributed by atoms with van der Waals surface area (Å²) in [5, 5.41) is 0.412. The molecule has 1 saturated heterocycles. The number of sulfonamides is 1. The Bertz CT molecular complexity index is 818. The van der Waals surface area contributed by atoms with E-state index in [0.29, 0.717) is 16.7 Å². The normalized spacial score (nSPS) is 15.3. The third-order valence-electron chi connectivity index (χ3n) is 3.98. The van der Waals surface area contributed by atoms with E-state index in [1.807, 2.05) is 6.92 Å². The molecule has 0 aliphatic carbocycles. The van der Waals surface area contributed by atoms with Crippen LogP contribution in [0.5, 0.6) is 0 Å². The Labute approximate surface area is 146 Å². The second-order valence-corrected chi connectivity index (χ2v) is 7.93. The lowest BCUT2D eigenvalue weighted by atomic mass is 10.1. The summed E-state index contributed by atoms with van der Waals surface area (Å²) in [5.74, 6) is 0.635. The molecule has 0 amide bonds. The van der Waals surface area contributed by atoms with Crippen molar-refractivity contribution in [2.45, 2.75) is 31.1 Å². The summed E-state index contributed by atoms with van der Waals surface area (Å²) in [6.45, 7) is 3.69. The molecule has 1 aromatic heterocycles. The zero-order chi connectivity index (χ0) is 17.2. The van der Waals surface area contributed by atoms with Gasteiger partial charge in [0.05, 0.1) is 23.0 Å². The van der Waals surface area contributed by atoms with E-state index in [4.69, 9.17) is 11.6 Å². The fourth-order valence-corrected chi connectivity index (χ4v) is 3.88. The first-order valence-electron chi connectivity index (χ1n) is 7.82. The average Bonchev–Trinajstić information content (AvgIpc) is 2.58. The van der Waals surface area contributed by atoms with Gasteiger partial charge in [-0.25, -0.2) is 18.4 Å². The van der Waals surface area contributed by atoms with E-state index in [9.17, 15) is 8.42 Å². The van der Waals surface area contributed by atoms with Crippen LogP contribution >= 0.6 is 11.6 Å². The summed E-state index contributed by atoms with van der Waals surface area (Å²) < 4.78 is 27.3. The minimum absolute atomic E-state index is 0.109. The number of halogens is 1. The second-order valence-electron chi connectivity index (χ2n) is 5.84. The van der Waals surface area contributed by atoms with Crippen LogP contribution < -0.4 is 9.62 Å². The molecule has 0 bridgehead atoms. The number of hydrogen-bond donors (Lipinski definition) is 1. The van der Waals surface area contributed by atoms with Crippen LogP contribution in [0.2, 0.25) is 5.02 Å². The summed E-state index contributed by atoms with van der Waals surface area (Å²) in [5.41, 5.74) is 1.15. The minimum Gasteiger partial charge on any atom is -0.341 e. The molecule has 1 N–H and O–H groups in total. The van der Waals surface area contributed by atoms with Gasteiger partial charge in [0.1, 0.15) is 0 Å². The Morgan fingerprint density at radius 1 is 1.12 bits per heavy atom. The first-order chi connectivity index (χ1) is 11.5. The van der Waals surface area contributed by atoms with Crippen molar-refractivity contribution >= 4 is 33.3 Å². The van der Waals surface area contributed by atoms with Crippen molar-refractivity contribution in [3.05, 3.63) is 41.2 Å². The van der Waals surface area contributed by atoms with Crippen LogP contribution in [0.25, 0.3) is 0 Å². The standard InChI is InChI=1S/C16H19ClN4O2S/c1-12-5-6-14(9-15(12)17)24(22,23)20-13-10-18-16(19-11-13)21-7-3-2-4-8-21/h5-6,9-11,20H,2-4,7-8H2,1H3. The third kappa shape index (κ3) is 3.79. The first-order valence-corrected chi connectivity index (χ1v) is 9.68. The van der Waals surface area contributed by atoms with Gasteiger partial charge >= 0.3 is 0 Å². The van der Waals surface area contributed by atoms with E-state index in [-0.39, 0.29) is 4.90 Å². The molecule has 3 rings (SSSR count). The molecule has 1 aliphatic heterocycles. The van der Waals surface area contributed by atoms with Gasteiger partial charge in [0.15, 0.2) is 0 Å². The maximum atomic E-state index is 12.4. The van der Waals surface area contributed by atoms with Crippen LogP contribution in [-0.4, -0.2) is 31.5 Å². The number of nitrogens with zero attached hydrogens (tertiary/aromatic N) is 3. The minimum atomic E-state index is -3.72. The number of rotatable bonds is 4.